The summed E-state index contributed by atoms with van der Waals surface area (Å²) >= 11 is 0. The van der Waals surface area contributed by atoms with E-state index in [-0.39, 0.29) is 5.91 Å². The number of fused-ring (bicyclic) bond motifs is 1. The first-order chi connectivity index (χ1) is 11.2. The summed E-state index contributed by atoms with van der Waals surface area (Å²) in [4.78, 5) is 16.8. The van der Waals surface area contributed by atoms with Crippen LogP contribution in [-0.4, -0.2) is 28.4 Å². The predicted molar refractivity (Wildman–Crippen MR) is 91.5 cm³/mol. The molecule has 5 heteroatoms. The number of nitrogens with one attached hydrogen (secondary N) is 2. The van der Waals surface area contributed by atoms with Gasteiger partial charge in [0.2, 0.25) is 0 Å². The summed E-state index contributed by atoms with van der Waals surface area (Å²) in [6.07, 6.45) is 9.35. The van der Waals surface area contributed by atoms with E-state index in [1.165, 1.54) is 5.56 Å². The molecule has 0 aromatic carbocycles. The van der Waals surface area contributed by atoms with Crippen molar-refractivity contribution in [3.8, 4) is 0 Å². The number of hydrogen-bond donors (Lipinski definition) is 2. The van der Waals surface area contributed by atoms with Crippen LogP contribution in [0.4, 0.5) is 0 Å². The fraction of sp³-hybridized carbons (Fsp3) is 0.333. The second kappa shape index (κ2) is 6.79. The first-order valence-electron chi connectivity index (χ1n) is 7.97. The highest BCUT2D eigenvalue weighted by Gasteiger charge is 2.18. The van der Waals surface area contributed by atoms with E-state index in [9.17, 15) is 4.79 Å². The van der Waals surface area contributed by atoms with E-state index in [0.29, 0.717) is 11.6 Å². The molecular formula is C18H22N4O. The largest absolute Gasteiger partial charge is 0.325 e. The Labute approximate surface area is 136 Å². The summed E-state index contributed by atoms with van der Waals surface area (Å²) in [6, 6.07) is 4.11. The zero-order chi connectivity index (χ0) is 16.2. The average Bonchev–Trinajstić information content (AvgIpc) is 2.99. The van der Waals surface area contributed by atoms with Gasteiger partial charge in [-0.05, 0) is 56.5 Å². The molecule has 0 radical (unpaired) electrons. The van der Waals surface area contributed by atoms with Gasteiger partial charge in [-0.2, -0.15) is 0 Å². The first-order valence-corrected chi connectivity index (χ1v) is 7.97. The highest BCUT2D eigenvalue weighted by molar-refractivity contribution is 5.94. The summed E-state index contributed by atoms with van der Waals surface area (Å²) in [6.45, 7) is 7.56. The molecular weight excluding hydrogens is 288 g/mol. The number of carbonyl (C=O) groups is 1. The molecule has 0 atom stereocenters. The van der Waals surface area contributed by atoms with Crippen molar-refractivity contribution in [1.82, 2.24) is 20.0 Å². The van der Waals surface area contributed by atoms with Crippen molar-refractivity contribution in [2.45, 2.75) is 25.7 Å². The summed E-state index contributed by atoms with van der Waals surface area (Å²) in [7, 11) is 0. The quantitative estimate of drug-likeness (QED) is 0.854. The van der Waals surface area contributed by atoms with Gasteiger partial charge in [0.25, 0.3) is 5.91 Å². The molecule has 3 heterocycles. The van der Waals surface area contributed by atoms with Crippen LogP contribution in [0.2, 0.25) is 0 Å². The van der Waals surface area contributed by atoms with Crippen molar-refractivity contribution >= 4 is 11.6 Å². The van der Waals surface area contributed by atoms with Crippen molar-refractivity contribution in [2.24, 2.45) is 0 Å². The van der Waals surface area contributed by atoms with Crippen LogP contribution in [0.25, 0.3) is 5.65 Å². The van der Waals surface area contributed by atoms with E-state index in [0.717, 1.165) is 37.3 Å². The molecule has 5 nitrogen and oxygen atoms in total. The number of hydrogen-bond acceptors (Lipinski definition) is 3. The fourth-order valence-corrected chi connectivity index (χ4v) is 3.02. The highest BCUT2D eigenvalue weighted by Crippen LogP contribution is 2.25. The van der Waals surface area contributed by atoms with E-state index in [4.69, 9.17) is 0 Å². The summed E-state index contributed by atoms with van der Waals surface area (Å²) in [5.74, 6) is 0.386. The SMILES string of the molecule is C=C/C=C(\C)NC(=O)c1cnc2ccc(C3CCNCC3)cn12. The molecule has 2 aromatic heterocycles. The second-order valence-corrected chi connectivity index (χ2v) is 5.90. The van der Waals surface area contributed by atoms with E-state index < -0.39 is 0 Å². The van der Waals surface area contributed by atoms with E-state index >= 15 is 0 Å². The smallest absolute Gasteiger partial charge is 0.274 e. The Morgan fingerprint density at radius 2 is 2.22 bits per heavy atom. The van der Waals surface area contributed by atoms with Crippen LogP contribution >= 0.6 is 0 Å². The standard InChI is InChI=1S/C18H22N4O/c1-3-4-13(2)21-18(23)16-11-20-17-6-5-15(12-22(16)17)14-7-9-19-10-8-14/h3-6,11-12,14,19H,1,7-10H2,2H3,(H,21,23)/b13-4+. The van der Waals surface area contributed by atoms with Gasteiger partial charge >= 0.3 is 0 Å². The number of aromatic nitrogens is 2. The molecule has 0 unspecified atom stereocenters. The minimum Gasteiger partial charge on any atom is -0.325 e. The lowest BCUT2D eigenvalue weighted by Gasteiger charge is -2.23. The molecule has 1 fully saturated rings. The average molecular weight is 310 g/mol. The molecule has 3 rings (SSSR count). The third-order valence-corrected chi connectivity index (χ3v) is 4.25. The molecule has 0 saturated carbocycles. The van der Waals surface area contributed by atoms with Crippen molar-refractivity contribution in [3.63, 3.8) is 0 Å². The van der Waals surface area contributed by atoms with Crippen molar-refractivity contribution in [1.29, 1.82) is 0 Å². The minimum absolute atomic E-state index is 0.157. The summed E-state index contributed by atoms with van der Waals surface area (Å²) in [5, 5.41) is 6.24. The van der Waals surface area contributed by atoms with Gasteiger partial charge in [0, 0.05) is 11.9 Å². The van der Waals surface area contributed by atoms with Crippen molar-refractivity contribution in [2.75, 3.05) is 13.1 Å². The van der Waals surface area contributed by atoms with Gasteiger partial charge in [-0.15, -0.1) is 0 Å². The van der Waals surface area contributed by atoms with Crippen LogP contribution in [0.3, 0.4) is 0 Å². The van der Waals surface area contributed by atoms with Crippen LogP contribution in [-0.2, 0) is 0 Å². The maximum Gasteiger partial charge on any atom is 0.274 e. The molecule has 1 saturated heterocycles. The van der Waals surface area contributed by atoms with Crippen LogP contribution in [0.5, 0.6) is 0 Å². The van der Waals surface area contributed by atoms with Crippen molar-refractivity contribution in [3.05, 3.63) is 60.2 Å². The zero-order valence-corrected chi connectivity index (χ0v) is 13.4. The Morgan fingerprint density at radius 3 is 2.96 bits per heavy atom. The number of amides is 1. The monoisotopic (exact) mass is 310 g/mol. The lowest BCUT2D eigenvalue weighted by Crippen LogP contribution is -2.27. The van der Waals surface area contributed by atoms with Gasteiger partial charge < -0.3 is 10.6 Å². The zero-order valence-electron chi connectivity index (χ0n) is 13.4. The number of nitrogens with zero attached hydrogens (tertiary/aromatic N) is 2. The summed E-state index contributed by atoms with van der Waals surface area (Å²) < 4.78 is 1.88. The molecule has 23 heavy (non-hydrogen) atoms. The minimum atomic E-state index is -0.157. The van der Waals surface area contributed by atoms with E-state index in [1.54, 1.807) is 18.3 Å². The van der Waals surface area contributed by atoms with Crippen LogP contribution in [0, 0.1) is 0 Å². The fourth-order valence-electron chi connectivity index (χ4n) is 3.02. The number of imidazole rings is 1. The van der Waals surface area contributed by atoms with Gasteiger partial charge in [0.05, 0.1) is 6.20 Å². The molecule has 2 aromatic rings. The van der Waals surface area contributed by atoms with Gasteiger partial charge in [0.15, 0.2) is 0 Å². The second-order valence-electron chi connectivity index (χ2n) is 5.90. The Kier molecular flexibility index (Phi) is 4.57. The van der Waals surface area contributed by atoms with E-state index in [1.807, 2.05) is 17.4 Å². The third kappa shape index (κ3) is 3.35. The highest BCUT2D eigenvalue weighted by atomic mass is 16.1. The number of piperidine rings is 1. The Morgan fingerprint density at radius 1 is 1.43 bits per heavy atom. The molecule has 1 aliphatic heterocycles. The predicted octanol–water partition coefficient (Wildman–Crippen LogP) is 2.62. The third-order valence-electron chi connectivity index (χ3n) is 4.25. The number of allylic oxidation sites excluding steroid dienone is 3. The Balaban J connectivity index is 1.90. The maximum atomic E-state index is 12.4. The number of carbonyl (C=O) groups excluding carboxylic acids is 1. The Hall–Kier alpha value is -2.40. The first kappa shape index (κ1) is 15.5. The molecule has 0 bridgehead atoms. The molecule has 2 N–H and O–H groups in total. The Bertz CT molecular complexity index is 753. The van der Waals surface area contributed by atoms with E-state index in [2.05, 4.69) is 34.5 Å². The van der Waals surface area contributed by atoms with Crippen LogP contribution in [0.1, 0.15) is 41.7 Å². The van der Waals surface area contributed by atoms with Gasteiger partial charge in [0.1, 0.15) is 11.3 Å². The molecule has 120 valence electrons. The van der Waals surface area contributed by atoms with Gasteiger partial charge in [-0.1, -0.05) is 18.7 Å². The van der Waals surface area contributed by atoms with Crippen LogP contribution in [0.15, 0.2) is 49.0 Å². The molecule has 0 spiro atoms. The number of rotatable bonds is 4. The lowest BCUT2D eigenvalue weighted by molar-refractivity contribution is 0.0960. The normalized spacial score (nSPS) is 16.5. The molecule has 0 aliphatic carbocycles. The molecule has 1 amide bonds. The number of pyridine rings is 1. The topological polar surface area (TPSA) is 58.4 Å². The maximum absolute atomic E-state index is 12.4. The van der Waals surface area contributed by atoms with Crippen LogP contribution < -0.4 is 10.6 Å². The van der Waals surface area contributed by atoms with Gasteiger partial charge in [-0.3, -0.25) is 9.20 Å². The molecule has 1 aliphatic rings. The summed E-state index contributed by atoms with van der Waals surface area (Å²) in [5.41, 5.74) is 3.37. The lowest BCUT2D eigenvalue weighted by atomic mass is 9.91. The van der Waals surface area contributed by atoms with Crippen molar-refractivity contribution < 1.29 is 4.79 Å². The van der Waals surface area contributed by atoms with Gasteiger partial charge in [-0.25, -0.2) is 4.98 Å².